The lowest BCUT2D eigenvalue weighted by Crippen LogP contribution is -2.18. The lowest BCUT2D eigenvalue weighted by atomic mass is 10.1. The van der Waals surface area contributed by atoms with Crippen molar-refractivity contribution in [3.8, 4) is 0 Å². The minimum absolute atomic E-state index is 0.0456. The average Bonchev–Trinajstić information content (AvgIpc) is 2.57. The largest absolute Gasteiger partial charge is 0.380 e. The van der Waals surface area contributed by atoms with Crippen molar-refractivity contribution in [2.24, 2.45) is 0 Å². The Bertz CT molecular complexity index is 800. The molecule has 2 rings (SSSR count). The molecule has 1 amide bonds. The van der Waals surface area contributed by atoms with Crippen LogP contribution in [0.1, 0.15) is 22.8 Å². The lowest BCUT2D eigenvalue weighted by molar-refractivity contribution is 0.102. The van der Waals surface area contributed by atoms with Crippen molar-refractivity contribution in [2.75, 3.05) is 18.2 Å². The molecule has 0 aliphatic carbocycles. The van der Waals surface area contributed by atoms with Crippen molar-refractivity contribution in [1.82, 2.24) is 0 Å². The van der Waals surface area contributed by atoms with Crippen LogP contribution in [0.4, 0.5) is 5.69 Å². The summed E-state index contributed by atoms with van der Waals surface area (Å²) < 4.78 is 29.4. The van der Waals surface area contributed by atoms with Gasteiger partial charge in [0.15, 0.2) is 9.84 Å². The fraction of sp³-hybridized carbons (Fsp3) is 0.235. The number of benzene rings is 2. The molecular weight excluding hydrogens is 314 g/mol. The number of para-hydroxylation sites is 1. The van der Waals surface area contributed by atoms with Gasteiger partial charge in [-0.15, -0.1) is 0 Å². The fourth-order valence-electron chi connectivity index (χ4n) is 2.19. The first kappa shape index (κ1) is 17.2. The first-order valence-corrected chi connectivity index (χ1v) is 8.84. The van der Waals surface area contributed by atoms with E-state index in [-0.39, 0.29) is 16.2 Å². The van der Waals surface area contributed by atoms with Crippen LogP contribution in [0.5, 0.6) is 0 Å². The van der Waals surface area contributed by atoms with Gasteiger partial charge in [-0.25, -0.2) is 8.42 Å². The van der Waals surface area contributed by atoms with Crippen LogP contribution in [0.3, 0.4) is 0 Å². The topological polar surface area (TPSA) is 72.5 Å². The number of hydrogen-bond acceptors (Lipinski definition) is 4. The van der Waals surface area contributed by atoms with Gasteiger partial charge in [0.05, 0.1) is 22.8 Å². The number of amides is 1. The maximum absolute atomic E-state index is 12.5. The molecule has 0 aliphatic rings. The average molecular weight is 333 g/mol. The molecular formula is C17H19NO4S. The molecule has 122 valence electrons. The molecule has 23 heavy (non-hydrogen) atoms. The van der Waals surface area contributed by atoms with E-state index in [2.05, 4.69) is 5.32 Å². The van der Waals surface area contributed by atoms with Gasteiger partial charge < -0.3 is 10.1 Å². The highest BCUT2D eigenvalue weighted by Gasteiger charge is 2.21. The summed E-state index contributed by atoms with van der Waals surface area (Å²) in [5.41, 5.74) is 1.56. The van der Waals surface area contributed by atoms with Crippen LogP contribution in [-0.2, 0) is 21.2 Å². The molecule has 2 aromatic carbocycles. The Morgan fingerprint density at radius 3 is 2.43 bits per heavy atom. The molecule has 0 bridgehead atoms. The van der Waals surface area contributed by atoms with E-state index in [1.165, 1.54) is 12.1 Å². The van der Waals surface area contributed by atoms with Crippen molar-refractivity contribution in [1.29, 1.82) is 0 Å². The summed E-state index contributed by atoms with van der Waals surface area (Å²) >= 11 is 0. The molecule has 0 radical (unpaired) electrons. The summed E-state index contributed by atoms with van der Waals surface area (Å²) in [6, 6.07) is 13.5. The summed E-state index contributed by atoms with van der Waals surface area (Å²) in [5, 5.41) is 2.76. The van der Waals surface area contributed by atoms with Gasteiger partial charge in [-0.2, -0.15) is 0 Å². The number of nitrogens with one attached hydrogen (secondary N) is 1. The van der Waals surface area contributed by atoms with Crippen molar-refractivity contribution in [3.63, 3.8) is 0 Å². The zero-order chi connectivity index (χ0) is 16.9. The van der Waals surface area contributed by atoms with Crippen molar-refractivity contribution in [3.05, 3.63) is 59.7 Å². The van der Waals surface area contributed by atoms with Gasteiger partial charge in [0, 0.05) is 18.4 Å². The molecule has 1 N–H and O–H groups in total. The van der Waals surface area contributed by atoms with Crippen LogP contribution < -0.4 is 5.32 Å². The number of carbonyl (C=O) groups excluding carboxylic acids is 1. The third-order valence-corrected chi connectivity index (χ3v) is 5.20. The van der Waals surface area contributed by atoms with E-state index in [9.17, 15) is 13.2 Å². The summed E-state index contributed by atoms with van der Waals surface area (Å²) in [4.78, 5) is 12.6. The van der Waals surface area contributed by atoms with Crippen molar-refractivity contribution >= 4 is 21.4 Å². The normalized spacial score (nSPS) is 11.2. The number of carbonyl (C=O) groups is 1. The summed E-state index contributed by atoms with van der Waals surface area (Å²) in [7, 11) is -1.90. The van der Waals surface area contributed by atoms with Crippen LogP contribution >= 0.6 is 0 Å². The molecule has 0 aromatic heterocycles. The number of ether oxygens (including phenoxy) is 1. The maximum atomic E-state index is 12.5. The van der Waals surface area contributed by atoms with Crippen LogP contribution in [0, 0.1) is 0 Å². The Morgan fingerprint density at radius 1 is 1.09 bits per heavy atom. The van der Waals surface area contributed by atoms with Gasteiger partial charge in [0.25, 0.3) is 5.91 Å². The number of sulfone groups is 1. The predicted octanol–water partition coefficient (Wildman–Crippen LogP) is 2.88. The summed E-state index contributed by atoms with van der Waals surface area (Å²) in [6.07, 6.45) is 0. The third-order valence-electron chi connectivity index (χ3n) is 3.41. The monoisotopic (exact) mass is 333 g/mol. The van der Waals surface area contributed by atoms with Crippen LogP contribution in [0.25, 0.3) is 0 Å². The van der Waals surface area contributed by atoms with Crippen LogP contribution in [-0.4, -0.2) is 27.2 Å². The van der Waals surface area contributed by atoms with Gasteiger partial charge in [-0.05, 0) is 18.2 Å². The highest BCUT2D eigenvalue weighted by molar-refractivity contribution is 7.91. The Labute approximate surface area is 136 Å². The molecule has 0 atom stereocenters. The Balaban J connectivity index is 2.37. The second-order valence-corrected chi connectivity index (χ2v) is 7.19. The van der Waals surface area contributed by atoms with E-state index < -0.39 is 15.7 Å². The number of methoxy groups -OCH3 is 1. The second-order valence-electron chi connectivity index (χ2n) is 4.94. The van der Waals surface area contributed by atoms with E-state index in [1.807, 2.05) is 12.1 Å². The quantitative estimate of drug-likeness (QED) is 0.882. The van der Waals surface area contributed by atoms with Gasteiger partial charge in [-0.1, -0.05) is 37.3 Å². The van der Waals surface area contributed by atoms with Crippen molar-refractivity contribution < 1.29 is 17.9 Å². The molecule has 5 nitrogen and oxygen atoms in total. The second kappa shape index (κ2) is 7.39. The first-order chi connectivity index (χ1) is 11.0. The van der Waals surface area contributed by atoms with Gasteiger partial charge in [0.1, 0.15) is 0 Å². The molecule has 0 aliphatic heterocycles. The molecule has 0 heterocycles. The van der Waals surface area contributed by atoms with Gasteiger partial charge in [-0.3, -0.25) is 4.79 Å². The van der Waals surface area contributed by atoms with Crippen LogP contribution in [0.2, 0.25) is 0 Å². The molecule has 0 saturated carbocycles. The molecule has 0 saturated heterocycles. The summed E-state index contributed by atoms with van der Waals surface area (Å²) in [5.74, 6) is -0.515. The molecule has 0 spiro atoms. The first-order valence-electron chi connectivity index (χ1n) is 7.19. The molecule has 6 heteroatoms. The van der Waals surface area contributed by atoms with E-state index >= 15 is 0 Å². The van der Waals surface area contributed by atoms with Gasteiger partial charge in [0.2, 0.25) is 0 Å². The van der Waals surface area contributed by atoms with E-state index in [4.69, 9.17) is 4.74 Å². The smallest absolute Gasteiger partial charge is 0.256 e. The SMILES string of the molecule is CCS(=O)(=O)c1ccccc1C(=O)Nc1ccccc1COC. The Hall–Kier alpha value is -2.18. The zero-order valence-electron chi connectivity index (χ0n) is 13.1. The summed E-state index contributed by atoms with van der Waals surface area (Å²) in [6.45, 7) is 1.91. The minimum atomic E-state index is -3.47. The van der Waals surface area contributed by atoms with E-state index in [0.29, 0.717) is 12.3 Å². The van der Waals surface area contributed by atoms with Gasteiger partial charge >= 0.3 is 0 Å². The Morgan fingerprint density at radius 2 is 1.74 bits per heavy atom. The number of rotatable bonds is 6. The van der Waals surface area contributed by atoms with E-state index in [1.54, 1.807) is 38.3 Å². The predicted molar refractivity (Wildman–Crippen MR) is 89.3 cm³/mol. The highest BCUT2D eigenvalue weighted by atomic mass is 32.2. The number of anilines is 1. The molecule has 0 unspecified atom stereocenters. The third kappa shape index (κ3) is 3.97. The van der Waals surface area contributed by atoms with E-state index in [0.717, 1.165) is 5.56 Å². The Kier molecular flexibility index (Phi) is 5.52. The minimum Gasteiger partial charge on any atom is -0.380 e. The lowest BCUT2D eigenvalue weighted by Gasteiger charge is -2.12. The standard InChI is InChI=1S/C17H19NO4S/c1-3-23(20,21)16-11-7-5-9-14(16)17(19)18-15-10-6-4-8-13(15)12-22-2/h4-11H,3,12H2,1-2H3,(H,18,19). The van der Waals surface area contributed by atoms with Crippen molar-refractivity contribution in [2.45, 2.75) is 18.4 Å². The number of hydrogen-bond donors (Lipinski definition) is 1. The van der Waals surface area contributed by atoms with Crippen LogP contribution in [0.15, 0.2) is 53.4 Å². The molecule has 0 fully saturated rings. The zero-order valence-corrected chi connectivity index (χ0v) is 13.9. The highest BCUT2D eigenvalue weighted by Crippen LogP contribution is 2.21. The molecule has 2 aromatic rings. The fourth-order valence-corrected chi connectivity index (χ4v) is 3.29. The maximum Gasteiger partial charge on any atom is 0.256 e.